The molecule has 0 bridgehead atoms. The summed E-state index contributed by atoms with van der Waals surface area (Å²) in [7, 11) is 0. The molecular weight excluding hydrogens is 252 g/mol. The smallest absolute Gasteiger partial charge is 0.211 e. The number of benzene rings is 2. The first-order valence-corrected chi connectivity index (χ1v) is 5.86. The molecule has 0 aromatic heterocycles. The SMILES string of the molecule is O=C=Nc1ccc(/C=C/c2ccc(N=C=O)cc2)cc1. The normalized spacial score (nSPS) is 9.80. The van der Waals surface area contributed by atoms with Crippen LogP contribution in [0.2, 0.25) is 0 Å². The zero-order chi connectivity index (χ0) is 14.2. The first-order chi connectivity index (χ1) is 9.81. The van der Waals surface area contributed by atoms with Crippen LogP contribution in [0.25, 0.3) is 12.2 Å². The first-order valence-electron chi connectivity index (χ1n) is 5.86. The van der Waals surface area contributed by atoms with Crippen molar-refractivity contribution in [1.82, 2.24) is 0 Å². The van der Waals surface area contributed by atoms with E-state index in [0.29, 0.717) is 11.4 Å². The quantitative estimate of drug-likeness (QED) is 0.478. The molecule has 20 heavy (non-hydrogen) atoms. The number of aliphatic imine (C=N–C) groups is 2. The molecule has 96 valence electrons. The van der Waals surface area contributed by atoms with Gasteiger partial charge in [0.2, 0.25) is 12.2 Å². The highest BCUT2D eigenvalue weighted by Gasteiger charge is 1.92. The highest BCUT2D eigenvalue weighted by molar-refractivity contribution is 5.71. The van der Waals surface area contributed by atoms with Crippen molar-refractivity contribution in [3.8, 4) is 0 Å². The van der Waals surface area contributed by atoms with E-state index in [1.54, 1.807) is 24.3 Å². The second-order valence-electron chi connectivity index (χ2n) is 3.92. The van der Waals surface area contributed by atoms with Crippen molar-refractivity contribution in [2.45, 2.75) is 0 Å². The van der Waals surface area contributed by atoms with E-state index in [2.05, 4.69) is 9.98 Å². The molecule has 0 aliphatic carbocycles. The van der Waals surface area contributed by atoms with E-state index in [1.807, 2.05) is 36.4 Å². The minimum atomic E-state index is 0.577. The monoisotopic (exact) mass is 262 g/mol. The summed E-state index contributed by atoms with van der Waals surface area (Å²) in [5, 5.41) is 0. The van der Waals surface area contributed by atoms with Gasteiger partial charge in [-0.2, -0.15) is 9.98 Å². The Hall–Kier alpha value is -3.06. The molecule has 0 heterocycles. The van der Waals surface area contributed by atoms with Gasteiger partial charge in [0, 0.05) is 0 Å². The molecule has 0 saturated carbocycles. The molecule has 0 atom stereocenters. The van der Waals surface area contributed by atoms with Crippen LogP contribution >= 0.6 is 0 Å². The number of carbonyl (C=O) groups excluding carboxylic acids is 2. The van der Waals surface area contributed by atoms with Crippen molar-refractivity contribution in [2.75, 3.05) is 0 Å². The molecular formula is C16H10N2O2. The lowest BCUT2D eigenvalue weighted by atomic mass is 10.1. The zero-order valence-electron chi connectivity index (χ0n) is 10.5. The van der Waals surface area contributed by atoms with Crippen LogP contribution in [0, 0.1) is 0 Å². The average molecular weight is 262 g/mol. The number of rotatable bonds is 4. The summed E-state index contributed by atoms with van der Waals surface area (Å²) in [5.41, 5.74) is 3.14. The fourth-order valence-electron chi connectivity index (χ4n) is 1.62. The Labute approximate surface area is 115 Å². The summed E-state index contributed by atoms with van der Waals surface area (Å²) in [5.74, 6) is 0. The number of isocyanates is 2. The molecule has 4 nitrogen and oxygen atoms in total. The minimum absolute atomic E-state index is 0.577. The molecule has 0 fully saturated rings. The standard InChI is InChI=1S/C16H10N2O2/c19-11-17-15-7-3-13(4-8-15)1-2-14-5-9-16(10-6-14)18-12-20/h1-10H/b2-1+. The molecule has 0 aliphatic rings. The molecule has 0 radical (unpaired) electrons. The Morgan fingerprint density at radius 1 is 0.650 bits per heavy atom. The van der Waals surface area contributed by atoms with Crippen molar-refractivity contribution in [3.63, 3.8) is 0 Å². The lowest BCUT2D eigenvalue weighted by Crippen LogP contribution is -1.73. The third kappa shape index (κ3) is 3.72. The Morgan fingerprint density at radius 2 is 1.00 bits per heavy atom. The van der Waals surface area contributed by atoms with E-state index in [-0.39, 0.29) is 0 Å². The highest BCUT2D eigenvalue weighted by Crippen LogP contribution is 2.16. The van der Waals surface area contributed by atoms with Gasteiger partial charge in [-0.15, -0.1) is 0 Å². The van der Waals surface area contributed by atoms with Crippen LogP contribution in [0.5, 0.6) is 0 Å². The topological polar surface area (TPSA) is 58.9 Å². The van der Waals surface area contributed by atoms with Gasteiger partial charge in [0.1, 0.15) is 0 Å². The predicted molar refractivity (Wildman–Crippen MR) is 77.4 cm³/mol. The summed E-state index contributed by atoms with van der Waals surface area (Å²) < 4.78 is 0. The zero-order valence-corrected chi connectivity index (χ0v) is 10.5. The summed E-state index contributed by atoms with van der Waals surface area (Å²) in [4.78, 5) is 27.3. The summed E-state index contributed by atoms with van der Waals surface area (Å²) in [6, 6.07) is 14.4. The van der Waals surface area contributed by atoms with Crippen molar-refractivity contribution < 1.29 is 9.59 Å². The molecule has 0 amide bonds. The minimum Gasteiger partial charge on any atom is -0.211 e. The van der Waals surface area contributed by atoms with Crippen LogP contribution in [0.15, 0.2) is 58.5 Å². The maximum atomic E-state index is 10.1. The van der Waals surface area contributed by atoms with Gasteiger partial charge in [-0.1, -0.05) is 36.4 Å². The molecule has 2 rings (SSSR count). The van der Waals surface area contributed by atoms with Gasteiger partial charge in [-0.25, -0.2) is 9.59 Å². The van der Waals surface area contributed by atoms with Crippen molar-refractivity contribution in [1.29, 1.82) is 0 Å². The predicted octanol–water partition coefficient (Wildman–Crippen LogP) is 3.79. The molecule has 2 aromatic rings. The molecule has 4 heteroatoms. The van der Waals surface area contributed by atoms with E-state index in [1.165, 1.54) is 12.2 Å². The lowest BCUT2D eigenvalue weighted by molar-refractivity contribution is 0.564. The highest BCUT2D eigenvalue weighted by atomic mass is 16.1. The third-order valence-electron chi connectivity index (χ3n) is 2.60. The van der Waals surface area contributed by atoms with Gasteiger partial charge in [0.15, 0.2) is 0 Å². The maximum Gasteiger partial charge on any atom is 0.240 e. The number of hydrogen-bond donors (Lipinski definition) is 0. The molecule has 0 N–H and O–H groups in total. The van der Waals surface area contributed by atoms with Crippen LogP contribution < -0.4 is 0 Å². The fourth-order valence-corrected chi connectivity index (χ4v) is 1.62. The third-order valence-corrected chi connectivity index (χ3v) is 2.60. The van der Waals surface area contributed by atoms with Crippen LogP contribution in [0.4, 0.5) is 11.4 Å². The van der Waals surface area contributed by atoms with Gasteiger partial charge in [-0.3, -0.25) is 0 Å². The van der Waals surface area contributed by atoms with Crippen LogP contribution in [-0.2, 0) is 9.59 Å². The largest absolute Gasteiger partial charge is 0.240 e. The van der Waals surface area contributed by atoms with E-state index in [4.69, 9.17) is 0 Å². The molecule has 0 unspecified atom stereocenters. The second-order valence-corrected chi connectivity index (χ2v) is 3.92. The molecule has 0 aliphatic heterocycles. The van der Waals surface area contributed by atoms with Crippen LogP contribution in [-0.4, -0.2) is 12.2 Å². The lowest BCUT2D eigenvalue weighted by Gasteiger charge is -1.96. The summed E-state index contributed by atoms with van der Waals surface area (Å²) in [6.45, 7) is 0. The fraction of sp³-hybridized carbons (Fsp3) is 0. The number of nitrogens with zero attached hydrogens (tertiary/aromatic N) is 2. The first kappa shape index (κ1) is 13.4. The maximum absolute atomic E-state index is 10.1. The Balaban J connectivity index is 2.12. The Bertz CT molecular complexity index is 640. The van der Waals surface area contributed by atoms with E-state index in [9.17, 15) is 9.59 Å². The Kier molecular flexibility index (Phi) is 4.52. The molecule has 0 saturated heterocycles. The van der Waals surface area contributed by atoms with Crippen molar-refractivity contribution >= 4 is 35.7 Å². The van der Waals surface area contributed by atoms with Gasteiger partial charge in [0.05, 0.1) is 11.4 Å². The van der Waals surface area contributed by atoms with E-state index < -0.39 is 0 Å². The van der Waals surface area contributed by atoms with Crippen LogP contribution in [0.1, 0.15) is 11.1 Å². The molecule has 0 spiro atoms. The van der Waals surface area contributed by atoms with Crippen LogP contribution in [0.3, 0.4) is 0 Å². The van der Waals surface area contributed by atoms with E-state index >= 15 is 0 Å². The van der Waals surface area contributed by atoms with E-state index in [0.717, 1.165) is 11.1 Å². The van der Waals surface area contributed by atoms with Gasteiger partial charge in [0.25, 0.3) is 0 Å². The van der Waals surface area contributed by atoms with Gasteiger partial charge < -0.3 is 0 Å². The molecule has 2 aromatic carbocycles. The Morgan fingerprint density at radius 3 is 1.30 bits per heavy atom. The number of hydrogen-bond acceptors (Lipinski definition) is 4. The van der Waals surface area contributed by atoms with Gasteiger partial charge >= 0.3 is 0 Å². The average Bonchev–Trinajstić information content (AvgIpc) is 2.49. The van der Waals surface area contributed by atoms with Crippen molar-refractivity contribution in [3.05, 3.63) is 59.7 Å². The van der Waals surface area contributed by atoms with Gasteiger partial charge in [-0.05, 0) is 35.4 Å². The second kappa shape index (κ2) is 6.76. The summed E-state index contributed by atoms with van der Waals surface area (Å²) in [6.07, 6.45) is 6.87. The summed E-state index contributed by atoms with van der Waals surface area (Å²) >= 11 is 0. The van der Waals surface area contributed by atoms with Crippen molar-refractivity contribution in [2.24, 2.45) is 9.98 Å².